The average molecular weight is 207 g/mol. The number of unbranched alkanes of at least 4 members (excludes halogenated alkanes) is 1. The number of carbonyl (C=O) groups is 2. The van der Waals surface area contributed by atoms with E-state index in [1.54, 1.807) is 12.1 Å². The van der Waals surface area contributed by atoms with Gasteiger partial charge in [0.1, 0.15) is 6.29 Å². The average Bonchev–Trinajstić information content (AvgIpc) is 2.29. The molecule has 0 atom stereocenters. The van der Waals surface area contributed by atoms with Crippen molar-refractivity contribution in [1.82, 2.24) is 4.98 Å². The molecule has 80 valence electrons. The fraction of sp³-hybridized carbons (Fsp3) is 0.364. The Morgan fingerprint density at radius 3 is 2.87 bits per heavy atom. The second-order valence-corrected chi connectivity index (χ2v) is 3.07. The number of Topliss-reactive ketones (excluding diaryl/α,β-unsaturated/α-hetero) is 1. The molecule has 1 rings (SSSR count). The topological polar surface area (TPSA) is 56.3 Å². The number of aromatic nitrogens is 1. The predicted octanol–water partition coefficient (Wildman–Crippen LogP) is 1.64. The summed E-state index contributed by atoms with van der Waals surface area (Å²) in [7, 11) is 1.52. The molecular weight excluding hydrogens is 194 g/mol. The normalized spacial score (nSPS) is 9.67. The molecule has 1 heterocycles. The number of rotatable bonds is 6. The van der Waals surface area contributed by atoms with Crippen molar-refractivity contribution in [2.45, 2.75) is 19.3 Å². The minimum Gasteiger partial charge on any atom is -0.481 e. The van der Waals surface area contributed by atoms with Crippen molar-refractivity contribution in [2.75, 3.05) is 7.11 Å². The van der Waals surface area contributed by atoms with Gasteiger partial charge in [0.2, 0.25) is 5.88 Å². The molecule has 4 nitrogen and oxygen atoms in total. The van der Waals surface area contributed by atoms with Crippen LogP contribution in [0.3, 0.4) is 0 Å². The van der Waals surface area contributed by atoms with Crippen LogP contribution in [0.4, 0.5) is 0 Å². The van der Waals surface area contributed by atoms with Crippen LogP contribution in [0.5, 0.6) is 5.88 Å². The molecule has 4 heteroatoms. The summed E-state index contributed by atoms with van der Waals surface area (Å²) in [4.78, 5) is 25.5. The minimum atomic E-state index is 0.00648. The van der Waals surface area contributed by atoms with Crippen LogP contribution in [0.15, 0.2) is 18.3 Å². The van der Waals surface area contributed by atoms with E-state index in [1.807, 2.05) is 0 Å². The first kappa shape index (κ1) is 11.4. The first-order valence-electron chi connectivity index (χ1n) is 4.75. The van der Waals surface area contributed by atoms with Gasteiger partial charge in [0.05, 0.1) is 7.11 Å². The second-order valence-electron chi connectivity index (χ2n) is 3.07. The molecule has 1 aromatic rings. The maximum atomic E-state index is 11.5. The van der Waals surface area contributed by atoms with Crippen LogP contribution in [-0.2, 0) is 4.79 Å². The van der Waals surface area contributed by atoms with E-state index in [-0.39, 0.29) is 5.78 Å². The van der Waals surface area contributed by atoms with Crippen LogP contribution in [0.25, 0.3) is 0 Å². The smallest absolute Gasteiger partial charge is 0.212 e. The van der Waals surface area contributed by atoms with Crippen molar-refractivity contribution in [3.05, 3.63) is 23.9 Å². The third kappa shape index (κ3) is 3.50. The highest BCUT2D eigenvalue weighted by Gasteiger charge is 2.05. The Hall–Kier alpha value is -1.71. The van der Waals surface area contributed by atoms with Gasteiger partial charge in [-0.15, -0.1) is 0 Å². The van der Waals surface area contributed by atoms with E-state index in [1.165, 1.54) is 13.3 Å². The summed E-state index contributed by atoms with van der Waals surface area (Å²) in [6.07, 6.45) is 3.71. The van der Waals surface area contributed by atoms with Gasteiger partial charge >= 0.3 is 0 Å². The number of nitrogens with zero attached hydrogens (tertiary/aromatic N) is 1. The van der Waals surface area contributed by atoms with Gasteiger partial charge in [-0.2, -0.15) is 0 Å². The van der Waals surface area contributed by atoms with Crippen LogP contribution in [0, 0.1) is 0 Å². The Balaban J connectivity index is 2.54. The first-order chi connectivity index (χ1) is 7.27. The molecule has 1 aromatic heterocycles. The molecule has 0 aliphatic heterocycles. The Morgan fingerprint density at radius 2 is 2.33 bits per heavy atom. The number of hydrogen-bond acceptors (Lipinski definition) is 4. The molecular formula is C11H13NO3. The van der Waals surface area contributed by atoms with Crippen LogP contribution < -0.4 is 4.74 Å². The highest BCUT2D eigenvalue weighted by Crippen LogP contribution is 2.09. The van der Waals surface area contributed by atoms with Crippen molar-refractivity contribution in [3.8, 4) is 5.88 Å². The number of carbonyl (C=O) groups excluding carboxylic acids is 2. The maximum Gasteiger partial charge on any atom is 0.212 e. The lowest BCUT2D eigenvalue weighted by Crippen LogP contribution is -2.00. The number of ketones is 1. The number of aldehydes is 1. The molecule has 0 aromatic carbocycles. The van der Waals surface area contributed by atoms with Crippen molar-refractivity contribution in [3.63, 3.8) is 0 Å². The number of pyridine rings is 1. The Morgan fingerprint density at radius 1 is 1.53 bits per heavy atom. The Labute approximate surface area is 88.3 Å². The summed E-state index contributed by atoms with van der Waals surface area (Å²) in [6.45, 7) is 0. The summed E-state index contributed by atoms with van der Waals surface area (Å²) >= 11 is 0. The lowest BCUT2D eigenvalue weighted by Gasteiger charge is -2.00. The molecule has 15 heavy (non-hydrogen) atoms. The van der Waals surface area contributed by atoms with Gasteiger partial charge in [-0.1, -0.05) is 0 Å². The van der Waals surface area contributed by atoms with Crippen molar-refractivity contribution in [2.24, 2.45) is 0 Å². The van der Waals surface area contributed by atoms with Gasteiger partial charge in [0, 0.05) is 30.7 Å². The fourth-order valence-corrected chi connectivity index (χ4v) is 1.16. The lowest BCUT2D eigenvalue weighted by atomic mass is 10.1. The molecule has 0 saturated heterocycles. The summed E-state index contributed by atoms with van der Waals surface area (Å²) in [5.74, 6) is 0.492. The quantitative estimate of drug-likeness (QED) is 0.404. The molecule has 0 bridgehead atoms. The van der Waals surface area contributed by atoms with E-state index >= 15 is 0 Å². The number of methoxy groups -OCH3 is 1. The lowest BCUT2D eigenvalue weighted by molar-refractivity contribution is -0.107. The predicted molar refractivity (Wildman–Crippen MR) is 55.0 cm³/mol. The highest BCUT2D eigenvalue weighted by atomic mass is 16.5. The van der Waals surface area contributed by atoms with Crippen molar-refractivity contribution in [1.29, 1.82) is 0 Å². The monoisotopic (exact) mass is 207 g/mol. The molecule has 0 amide bonds. The second kappa shape index (κ2) is 5.90. The number of ether oxygens (including phenoxy) is 1. The molecule has 0 aliphatic carbocycles. The van der Waals surface area contributed by atoms with E-state index in [2.05, 4.69) is 4.98 Å². The van der Waals surface area contributed by atoms with E-state index < -0.39 is 0 Å². The largest absolute Gasteiger partial charge is 0.481 e. The van der Waals surface area contributed by atoms with Crippen LogP contribution >= 0.6 is 0 Å². The first-order valence-corrected chi connectivity index (χ1v) is 4.75. The van der Waals surface area contributed by atoms with Gasteiger partial charge in [0.15, 0.2) is 5.78 Å². The summed E-state index contributed by atoms with van der Waals surface area (Å²) in [5.41, 5.74) is 0.557. The van der Waals surface area contributed by atoms with Crippen molar-refractivity contribution < 1.29 is 14.3 Å². The van der Waals surface area contributed by atoms with Crippen LogP contribution in [-0.4, -0.2) is 24.2 Å². The van der Waals surface area contributed by atoms with E-state index in [0.717, 1.165) is 6.29 Å². The Bertz CT molecular complexity index is 332. The SMILES string of the molecule is COc1ccc(C(=O)CCCC=O)cn1. The molecule has 0 fully saturated rings. The maximum absolute atomic E-state index is 11.5. The zero-order chi connectivity index (χ0) is 11.1. The summed E-state index contributed by atoms with van der Waals surface area (Å²) < 4.78 is 4.88. The highest BCUT2D eigenvalue weighted by molar-refractivity contribution is 5.95. The molecule has 0 radical (unpaired) electrons. The summed E-state index contributed by atoms with van der Waals surface area (Å²) in [5, 5.41) is 0. The van der Waals surface area contributed by atoms with Gasteiger partial charge in [-0.05, 0) is 12.5 Å². The van der Waals surface area contributed by atoms with Gasteiger partial charge < -0.3 is 9.53 Å². The zero-order valence-electron chi connectivity index (χ0n) is 8.60. The van der Waals surface area contributed by atoms with E-state index in [4.69, 9.17) is 4.74 Å². The molecule has 0 spiro atoms. The molecule has 0 saturated carbocycles. The van der Waals surface area contributed by atoms with Crippen LogP contribution in [0.2, 0.25) is 0 Å². The fourth-order valence-electron chi connectivity index (χ4n) is 1.16. The Kier molecular flexibility index (Phi) is 4.47. The molecule has 0 aliphatic rings. The van der Waals surface area contributed by atoms with E-state index in [9.17, 15) is 9.59 Å². The number of hydrogen-bond donors (Lipinski definition) is 0. The van der Waals surface area contributed by atoms with Crippen LogP contribution in [0.1, 0.15) is 29.6 Å². The summed E-state index contributed by atoms with van der Waals surface area (Å²) in [6, 6.07) is 3.32. The van der Waals surface area contributed by atoms with E-state index in [0.29, 0.717) is 30.7 Å². The van der Waals surface area contributed by atoms with Gasteiger partial charge in [-0.25, -0.2) is 4.98 Å². The zero-order valence-corrected chi connectivity index (χ0v) is 8.60. The third-order valence-corrected chi connectivity index (χ3v) is 1.99. The molecule has 0 N–H and O–H groups in total. The van der Waals surface area contributed by atoms with Gasteiger partial charge in [0.25, 0.3) is 0 Å². The third-order valence-electron chi connectivity index (χ3n) is 1.99. The molecule has 0 unspecified atom stereocenters. The minimum absolute atomic E-state index is 0.00648. The standard InChI is InChI=1S/C11H13NO3/c1-15-11-6-5-9(8-12-11)10(14)4-2-3-7-13/h5-8H,2-4H2,1H3. The van der Waals surface area contributed by atoms with Crippen molar-refractivity contribution >= 4 is 12.1 Å². The van der Waals surface area contributed by atoms with Gasteiger partial charge in [-0.3, -0.25) is 4.79 Å².